The largest absolute Gasteiger partial charge is 0.326 e. The van der Waals surface area contributed by atoms with E-state index in [-0.39, 0.29) is 26.7 Å². The molecule has 0 aromatic heterocycles. The molecule has 2 amide bonds. The van der Waals surface area contributed by atoms with Crippen LogP contribution in [0, 0.1) is 0 Å². The summed E-state index contributed by atoms with van der Waals surface area (Å²) in [6, 6.07) is 15.6. The van der Waals surface area contributed by atoms with Crippen molar-refractivity contribution in [2.75, 3.05) is 22.2 Å². The monoisotopic (exact) mass is 514 g/mol. The van der Waals surface area contributed by atoms with Crippen molar-refractivity contribution in [1.82, 2.24) is 0 Å². The van der Waals surface area contributed by atoms with E-state index in [2.05, 4.69) is 27.9 Å². The number of hydrogen-bond donors (Lipinski definition) is 1. The van der Waals surface area contributed by atoms with E-state index < -0.39 is 0 Å². The van der Waals surface area contributed by atoms with Crippen molar-refractivity contribution in [3.05, 3.63) is 59.7 Å². The van der Waals surface area contributed by atoms with Gasteiger partial charge in [-0.2, -0.15) is 0 Å². The molecule has 2 aromatic carbocycles. The van der Waals surface area contributed by atoms with Gasteiger partial charge in [-0.3, -0.25) is 9.59 Å². The molecule has 0 spiro atoms. The minimum Gasteiger partial charge on any atom is -0.326 e. The van der Waals surface area contributed by atoms with Crippen molar-refractivity contribution in [3.8, 4) is 0 Å². The molecule has 0 fully saturated rings. The number of para-hydroxylation sites is 2. The molecular formula is C24H39IN2O2. The van der Waals surface area contributed by atoms with Crippen LogP contribution in [0.4, 0.5) is 11.4 Å². The van der Waals surface area contributed by atoms with Gasteiger partial charge in [0.25, 0.3) is 0 Å². The summed E-state index contributed by atoms with van der Waals surface area (Å²) in [6.45, 7) is 8.00. The van der Waals surface area contributed by atoms with E-state index in [1.54, 1.807) is 4.90 Å². The molecule has 164 valence electrons. The fourth-order valence-corrected chi connectivity index (χ4v) is 2.57. The van der Waals surface area contributed by atoms with Gasteiger partial charge < -0.3 is 10.2 Å². The molecule has 4 rings (SSSR count). The van der Waals surface area contributed by atoms with Crippen LogP contribution in [0.3, 0.4) is 0 Å². The molecule has 29 heavy (non-hydrogen) atoms. The highest BCUT2D eigenvalue weighted by Gasteiger charge is 2.22. The van der Waals surface area contributed by atoms with E-state index in [1.807, 2.05) is 88.2 Å². The van der Waals surface area contributed by atoms with Gasteiger partial charge in [-0.05, 0) is 28.2 Å². The fourth-order valence-electron chi connectivity index (χ4n) is 2.57. The zero-order valence-corrected chi connectivity index (χ0v) is 19.3. The Morgan fingerprint density at radius 2 is 1.28 bits per heavy atom. The maximum Gasteiger partial charge on any atom is 0.231 e. The second-order valence-electron chi connectivity index (χ2n) is 5.14. The Bertz CT molecular complexity index is 691. The van der Waals surface area contributed by atoms with Crippen molar-refractivity contribution in [2.45, 2.75) is 55.4 Å². The molecule has 0 aliphatic carbocycles. The number of benzene rings is 2. The summed E-state index contributed by atoms with van der Waals surface area (Å²) in [4.78, 5) is 25.6. The molecule has 0 radical (unpaired) electrons. The molecule has 5 heteroatoms. The Kier molecular flexibility index (Phi) is 19.9. The number of halogens is 1. The molecule has 0 unspecified atom stereocenters. The Hall–Kier alpha value is -1.89. The highest BCUT2D eigenvalue weighted by Crippen LogP contribution is 2.26. The third-order valence-corrected chi connectivity index (χ3v) is 3.71. The highest BCUT2D eigenvalue weighted by atomic mass is 127. The topological polar surface area (TPSA) is 49.4 Å². The average Bonchev–Trinajstić information content (AvgIpc) is 3.26. The van der Waals surface area contributed by atoms with Gasteiger partial charge in [-0.15, -0.1) is 0 Å². The zero-order chi connectivity index (χ0) is 20.8. The third kappa shape index (κ3) is 9.43. The quantitative estimate of drug-likeness (QED) is 0.312. The minimum absolute atomic E-state index is 0. The molecular weight excluding hydrogens is 475 g/mol. The number of likely N-dealkylation sites (N-methyl/N-ethyl adjacent to an activating group) is 1. The van der Waals surface area contributed by atoms with E-state index in [1.165, 1.54) is 0 Å². The van der Waals surface area contributed by atoms with Gasteiger partial charge in [0.1, 0.15) is 0 Å². The first-order valence-corrected chi connectivity index (χ1v) is 11.4. The van der Waals surface area contributed by atoms with Crippen molar-refractivity contribution >= 4 is 45.8 Å². The number of amides is 2. The van der Waals surface area contributed by atoms with Crippen LogP contribution in [0.25, 0.3) is 0 Å². The maximum absolute atomic E-state index is 11.2. The van der Waals surface area contributed by atoms with E-state index in [0.29, 0.717) is 12.8 Å². The van der Waals surface area contributed by atoms with Gasteiger partial charge in [0.15, 0.2) is 0 Å². The Morgan fingerprint density at radius 3 is 1.79 bits per heavy atom. The molecule has 0 saturated carbocycles. The lowest BCUT2D eigenvalue weighted by Gasteiger charge is -2.08. The van der Waals surface area contributed by atoms with Gasteiger partial charge in [0.05, 0.1) is 12.8 Å². The van der Waals surface area contributed by atoms with Gasteiger partial charge >= 0.3 is 0 Å². The number of fused-ring (bicyclic) bond motifs is 2. The lowest BCUT2D eigenvalue weighted by Crippen LogP contribution is -2.20. The second-order valence-corrected chi connectivity index (χ2v) is 5.14. The first kappa shape index (κ1) is 31.8. The van der Waals surface area contributed by atoms with E-state index in [4.69, 9.17) is 0 Å². The lowest BCUT2D eigenvalue weighted by atomic mass is 10.2. The first-order chi connectivity index (χ1) is 13.1. The van der Waals surface area contributed by atoms with E-state index in [0.717, 1.165) is 22.5 Å². The van der Waals surface area contributed by atoms with Gasteiger partial charge in [0, 0.05) is 18.4 Å². The second kappa shape index (κ2) is 18.2. The summed E-state index contributed by atoms with van der Waals surface area (Å²) in [7, 11) is 1.81. The standard InChI is InChI=1S/C9H9NO.C8H7NO.2C2H6.CH3I.2CH4/c1-10-8-5-3-2-4-7(8)6-9(10)11;10-8-5-6-3-1-2-4-7(6)9-8;3*1-2;;/h2-5H,6H2,1H3;1-4H,5H2,(H,9,10);2*1-2H3;1H3;2*1H4. The molecule has 1 N–H and O–H groups in total. The van der Waals surface area contributed by atoms with Crippen LogP contribution in [-0.4, -0.2) is 23.8 Å². The molecule has 2 aromatic rings. The number of hydrogen-bond acceptors (Lipinski definition) is 2. The molecule has 0 atom stereocenters. The van der Waals surface area contributed by atoms with Crippen molar-refractivity contribution < 1.29 is 9.59 Å². The highest BCUT2D eigenvalue weighted by molar-refractivity contribution is 14.1. The van der Waals surface area contributed by atoms with Crippen LogP contribution in [0.1, 0.15) is 53.7 Å². The molecule has 0 saturated heterocycles. The summed E-state index contributed by atoms with van der Waals surface area (Å²) in [5.41, 5.74) is 4.26. The Balaban J connectivity index is -0.000000353. The van der Waals surface area contributed by atoms with E-state index >= 15 is 0 Å². The number of nitrogens with one attached hydrogen (secondary N) is 1. The maximum atomic E-state index is 11.2. The fraction of sp³-hybridized carbons (Fsp3) is 0.417. The number of carbonyl (C=O) groups is 2. The normalized spacial score (nSPS) is 11.5. The third-order valence-electron chi connectivity index (χ3n) is 3.71. The van der Waals surface area contributed by atoms with Crippen LogP contribution < -0.4 is 10.2 Å². The van der Waals surface area contributed by atoms with Crippen molar-refractivity contribution in [3.63, 3.8) is 0 Å². The molecule has 0 bridgehead atoms. The van der Waals surface area contributed by atoms with Crippen molar-refractivity contribution in [2.24, 2.45) is 0 Å². The average molecular weight is 514 g/mol. The predicted octanol–water partition coefficient (Wildman–Crippen LogP) is 6.76. The Labute approximate surface area is 192 Å². The summed E-state index contributed by atoms with van der Waals surface area (Å²) in [5, 5.41) is 2.76. The van der Waals surface area contributed by atoms with Crippen LogP contribution in [0.2, 0.25) is 0 Å². The predicted molar refractivity (Wildman–Crippen MR) is 138 cm³/mol. The summed E-state index contributed by atoms with van der Waals surface area (Å²) >= 11 is 2.15. The molecule has 2 heterocycles. The van der Waals surface area contributed by atoms with Gasteiger partial charge in [0.2, 0.25) is 11.8 Å². The summed E-state index contributed by atoms with van der Waals surface area (Å²) < 4.78 is 0. The number of rotatable bonds is 0. The molecule has 4 nitrogen and oxygen atoms in total. The zero-order valence-electron chi connectivity index (χ0n) is 17.2. The number of nitrogens with zero attached hydrogens (tertiary/aromatic N) is 1. The lowest BCUT2D eigenvalue weighted by molar-refractivity contribution is -0.117. The summed E-state index contributed by atoms with van der Waals surface area (Å²) in [5.74, 6) is 0.285. The van der Waals surface area contributed by atoms with Crippen LogP contribution in [-0.2, 0) is 22.4 Å². The van der Waals surface area contributed by atoms with Crippen molar-refractivity contribution in [1.29, 1.82) is 0 Å². The van der Waals surface area contributed by atoms with Crippen LogP contribution in [0.5, 0.6) is 0 Å². The first-order valence-electron chi connectivity index (χ1n) is 9.25. The van der Waals surface area contributed by atoms with Crippen LogP contribution >= 0.6 is 22.6 Å². The Morgan fingerprint density at radius 1 is 0.793 bits per heavy atom. The minimum atomic E-state index is 0. The van der Waals surface area contributed by atoms with E-state index in [9.17, 15) is 9.59 Å². The smallest absolute Gasteiger partial charge is 0.231 e. The SMILES string of the molecule is C.C.CC.CC.CI.CN1C(=O)Cc2ccccc21.O=C1Cc2ccccc2N1. The molecule has 2 aliphatic rings. The number of alkyl halides is 1. The van der Waals surface area contributed by atoms with Gasteiger partial charge in [-0.25, -0.2) is 0 Å². The number of anilines is 2. The molecule has 2 aliphatic heterocycles. The van der Waals surface area contributed by atoms with Crippen LogP contribution in [0.15, 0.2) is 48.5 Å². The summed E-state index contributed by atoms with van der Waals surface area (Å²) in [6.07, 6.45) is 1.10. The van der Waals surface area contributed by atoms with Gasteiger partial charge in [-0.1, -0.05) is 102 Å². The number of carbonyl (C=O) groups excluding carboxylic acids is 2.